The molecule has 0 amide bonds. The zero-order chi connectivity index (χ0) is 12.3. The second-order valence-electron chi connectivity index (χ2n) is 5.07. The van der Waals surface area contributed by atoms with Gasteiger partial charge in [0.05, 0.1) is 12.1 Å². The van der Waals surface area contributed by atoms with E-state index in [4.69, 9.17) is 10.5 Å². The summed E-state index contributed by atoms with van der Waals surface area (Å²) in [6.45, 7) is 2.13. The van der Waals surface area contributed by atoms with Crippen LogP contribution in [0, 0.1) is 12.8 Å². The van der Waals surface area contributed by atoms with Gasteiger partial charge in [-0.05, 0) is 37.8 Å². The molecule has 0 aromatic carbocycles. The van der Waals surface area contributed by atoms with Gasteiger partial charge < -0.3 is 10.5 Å². The van der Waals surface area contributed by atoms with Crippen molar-refractivity contribution in [2.45, 2.75) is 51.2 Å². The van der Waals surface area contributed by atoms with Crippen molar-refractivity contribution in [1.29, 1.82) is 0 Å². The topological polar surface area (TPSA) is 35.2 Å². The molecular weight excluding hydrogens is 230 g/mol. The van der Waals surface area contributed by atoms with Crippen molar-refractivity contribution in [3.8, 4) is 0 Å². The Morgan fingerprint density at radius 3 is 2.53 bits per heavy atom. The zero-order valence-corrected chi connectivity index (χ0v) is 11.6. The average molecular weight is 253 g/mol. The lowest BCUT2D eigenvalue weighted by Crippen LogP contribution is -2.35. The second kappa shape index (κ2) is 5.98. The molecule has 1 aromatic heterocycles. The van der Waals surface area contributed by atoms with Gasteiger partial charge in [-0.3, -0.25) is 0 Å². The van der Waals surface area contributed by atoms with Gasteiger partial charge >= 0.3 is 0 Å². The molecule has 1 aliphatic carbocycles. The van der Waals surface area contributed by atoms with Crippen LogP contribution in [0.15, 0.2) is 12.1 Å². The van der Waals surface area contributed by atoms with Crippen LogP contribution in [-0.4, -0.2) is 13.2 Å². The van der Waals surface area contributed by atoms with Crippen LogP contribution in [0.5, 0.6) is 0 Å². The van der Waals surface area contributed by atoms with Gasteiger partial charge in [0.25, 0.3) is 0 Å². The highest BCUT2D eigenvalue weighted by Crippen LogP contribution is 2.34. The molecule has 2 rings (SSSR count). The van der Waals surface area contributed by atoms with Gasteiger partial charge in [-0.25, -0.2) is 0 Å². The van der Waals surface area contributed by atoms with Crippen LogP contribution in [0.2, 0.25) is 0 Å². The molecule has 2 atom stereocenters. The predicted molar refractivity (Wildman–Crippen MR) is 73.4 cm³/mol. The maximum atomic E-state index is 6.38. The highest BCUT2D eigenvalue weighted by molar-refractivity contribution is 7.12. The van der Waals surface area contributed by atoms with Crippen molar-refractivity contribution in [1.82, 2.24) is 0 Å². The fraction of sp³-hybridized carbons (Fsp3) is 0.714. The number of rotatable bonds is 4. The molecule has 1 aliphatic rings. The molecule has 0 saturated heterocycles. The molecule has 1 aromatic rings. The third kappa shape index (κ3) is 3.09. The number of hydrogen-bond donors (Lipinski definition) is 1. The molecule has 17 heavy (non-hydrogen) atoms. The van der Waals surface area contributed by atoms with Crippen LogP contribution >= 0.6 is 11.3 Å². The van der Waals surface area contributed by atoms with Gasteiger partial charge in [0, 0.05) is 16.9 Å². The minimum absolute atomic E-state index is 0.0433. The third-order valence-corrected chi connectivity index (χ3v) is 4.93. The highest BCUT2D eigenvalue weighted by Gasteiger charge is 2.30. The summed E-state index contributed by atoms with van der Waals surface area (Å²) in [6, 6.07) is 4.34. The lowest BCUT2D eigenvalue weighted by atomic mass is 9.82. The summed E-state index contributed by atoms with van der Waals surface area (Å²) in [5.74, 6) is 0.645. The Morgan fingerprint density at radius 2 is 2.00 bits per heavy atom. The maximum Gasteiger partial charge on any atom is 0.0799 e. The molecule has 0 radical (unpaired) electrons. The van der Waals surface area contributed by atoms with E-state index in [1.807, 2.05) is 0 Å². The van der Waals surface area contributed by atoms with Gasteiger partial charge in [-0.15, -0.1) is 11.3 Å². The molecule has 0 aliphatic heterocycles. The molecule has 3 heteroatoms. The Kier molecular flexibility index (Phi) is 4.60. The van der Waals surface area contributed by atoms with Gasteiger partial charge in [0.2, 0.25) is 0 Å². The van der Waals surface area contributed by atoms with Crippen LogP contribution in [-0.2, 0) is 4.74 Å². The number of hydrogen-bond acceptors (Lipinski definition) is 3. The van der Waals surface area contributed by atoms with E-state index < -0.39 is 0 Å². The summed E-state index contributed by atoms with van der Waals surface area (Å²) in [4.78, 5) is 2.59. The van der Waals surface area contributed by atoms with E-state index in [0.29, 0.717) is 5.92 Å². The minimum Gasteiger partial charge on any atom is -0.379 e. The lowest BCUT2D eigenvalue weighted by Gasteiger charge is -2.32. The van der Waals surface area contributed by atoms with Crippen LogP contribution in [0.1, 0.15) is 47.9 Å². The summed E-state index contributed by atoms with van der Waals surface area (Å²) in [5.41, 5.74) is 6.38. The monoisotopic (exact) mass is 253 g/mol. The van der Waals surface area contributed by atoms with Gasteiger partial charge in [0.15, 0.2) is 0 Å². The normalized spacial score (nSPS) is 21.4. The molecule has 2 nitrogen and oxygen atoms in total. The first kappa shape index (κ1) is 13.1. The number of methoxy groups -OCH3 is 1. The van der Waals surface area contributed by atoms with E-state index in [1.165, 1.54) is 41.9 Å². The van der Waals surface area contributed by atoms with E-state index in [1.54, 1.807) is 18.4 Å². The molecule has 1 fully saturated rings. The quantitative estimate of drug-likeness (QED) is 0.889. The standard InChI is InChI=1S/C14H23NOS/c1-10-8-9-12(17-10)13(15)14(16-2)11-6-4-3-5-7-11/h8-9,11,13-14H,3-7,15H2,1-2H3. The van der Waals surface area contributed by atoms with E-state index in [-0.39, 0.29) is 12.1 Å². The van der Waals surface area contributed by atoms with Crippen LogP contribution in [0.25, 0.3) is 0 Å². The van der Waals surface area contributed by atoms with Crippen molar-refractivity contribution in [2.24, 2.45) is 11.7 Å². The Bertz CT molecular complexity index is 344. The number of ether oxygens (including phenoxy) is 1. The Morgan fingerprint density at radius 1 is 1.29 bits per heavy atom. The smallest absolute Gasteiger partial charge is 0.0799 e. The number of aryl methyl sites for hydroxylation is 1. The summed E-state index contributed by atoms with van der Waals surface area (Å²) >= 11 is 1.80. The van der Waals surface area contributed by atoms with Crippen molar-refractivity contribution < 1.29 is 4.74 Å². The first-order valence-corrected chi connectivity index (χ1v) is 7.38. The molecule has 0 spiro atoms. The van der Waals surface area contributed by atoms with Crippen molar-refractivity contribution in [3.63, 3.8) is 0 Å². The van der Waals surface area contributed by atoms with Crippen LogP contribution in [0.3, 0.4) is 0 Å². The van der Waals surface area contributed by atoms with Crippen LogP contribution in [0.4, 0.5) is 0 Å². The zero-order valence-electron chi connectivity index (χ0n) is 10.8. The summed E-state index contributed by atoms with van der Waals surface area (Å²) in [7, 11) is 1.81. The molecule has 1 saturated carbocycles. The summed E-state index contributed by atoms with van der Waals surface area (Å²) in [5, 5.41) is 0. The second-order valence-corrected chi connectivity index (χ2v) is 6.39. The number of thiophene rings is 1. The Hall–Kier alpha value is -0.380. The van der Waals surface area contributed by atoms with E-state index in [9.17, 15) is 0 Å². The average Bonchev–Trinajstić information content (AvgIpc) is 2.78. The molecule has 96 valence electrons. The first-order chi connectivity index (χ1) is 8.22. The molecule has 2 N–H and O–H groups in total. The third-order valence-electron chi connectivity index (χ3n) is 3.83. The highest BCUT2D eigenvalue weighted by atomic mass is 32.1. The summed E-state index contributed by atoms with van der Waals surface area (Å²) < 4.78 is 5.70. The van der Waals surface area contributed by atoms with E-state index in [2.05, 4.69) is 19.1 Å². The maximum absolute atomic E-state index is 6.38. The van der Waals surface area contributed by atoms with Crippen molar-refractivity contribution in [3.05, 3.63) is 21.9 Å². The Balaban J connectivity index is 2.06. The van der Waals surface area contributed by atoms with Crippen molar-refractivity contribution >= 4 is 11.3 Å². The van der Waals surface area contributed by atoms with Crippen LogP contribution < -0.4 is 5.73 Å². The Labute approximate surface area is 108 Å². The molecule has 1 heterocycles. The first-order valence-electron chi connectivity index (χ1n) is 6.57. The SMILES string of the molecule is COC(C1CCCCC1)C(N)c1ccc(C)s1. The summed E-state index contributed by atoms with van der Waals surface area (Å²) in [6.07, 6.45) is 6.78. The fourth-order valence-electron chi connectivity index (χ4n) is 2.89. The van der Waals surface area contributed by atoms with Gasteiger partial charge in [-0.2, -0.15) is 0 Å². The lowest BCUT2D eigenvalue weighted by molar-refractivity contribution is 0.0180. The number of nitrogens with two attached hydrogens (primary N) is 1. The molecule has 2 unspecified atom stereocenters. The fourth-order valence-corrected chi connectivity index (χ4v) is 3.80. The van der Waals surface area contributed by atoms with E-state index >= 15 is 0 Å². The van der Waals surface area contributed by atoms with Gasteiger partial charge in [-0.1, -0.05) is 19.3 Å². The van der Waals surface area contributed by atoms with E-state index in [0.717, 1.165) is 0 Å². The molecule has 0 bridgehead atoms. The predicted octanol–water partition coefficient (Wildman–Crippen LogP) is 3.65. The minimum atomic E-state index is 0.0433. The molecular formula is C14H23NOS. The van der Waals surface area contributed by atoms with Crippen molar-refractivity contribution in [2.75, 3.05) is 7.11 Å². The van der Waals surface area contributed by atoms with Gasteiger partial charge in [0.1, 0.15) is 0 Å². The largest absolute Gasteiger partial charge is 0.379 e.